The molecule has 0 aliphatic rings. The molecule has 4 rings (SSSR count). The molecule has 0 fully saturated rings. The quantitative estimate of drug-likeness (QED) is 0.213. The number of thiazole rings is 1. The molecule has 1 aromatic heterocycles. The van der Waals surface area contributed by atoms with E-state index in [4.69, 9.17) is 16.3 Å². The second-order valence-corrected chi connectivity index (χ2v) is 8.49. The molecule has 4 aromatic rings. The van der Waals surface area contributed by atoms with Crippen molar-refractivity contribution in [2.24, 2.45) is 0 Å². The lowest BCUT2D eigenvalue weighted by molar-refractivity contribution is 0.103. The van der Waals surface area contributed by atoms with E-state index in [0.29, 0.717) is 39.0 Å². The summed E-state index contributed by atoms with van der Waals surface area (Å²) in [6, 6.07) is 23.9. The predicted octanol–water partition coefficient (Wildman–Crippen LogP) is 7.07. The molecule has 0 saturated carbocycles. The smallest absolute Gasteiger partial charge is 0.195 e. The van der Waals surface area contributed by atoms with Crippen LogP contribution < -0.4 is 10.1 Å². The Labute approximate surface area is 206 Å². The van der Waals surface area contributed by atoms with Crippen LogP contribution >= 0.6 is 22.9 Å². The molecule has 168 valence electrons. The highest BCUT2D eigenvalue weighted by atomic mass is 35.5. The number of hydrogen-bond acceptors (Lipinski definition) is 6. The number of nitriles is 1. The van der Waals surface area contributed by atoms with Gasteiger partial charge in [-0.25, -0.2) is 4.98 Å². The standard InChI is InChI=1S/C27H20ClN3O2S/c1-2-33-22-11-8-18(9-12-22)25-17-34-27(31-25)20(15-29)16-30-24-13-10-21(28)14-23(24)26(32)19-6-4-3-5-7-19/h3-14,16-17,30H,2H2,1H3/b20-16+. The van der Waals surface area contributed by atoms with E-state index in [1.807, 2.05) is 54.8 Å². The number of nitrogens with one attached hydrogen (secondary N) is 1. The van der Waals surface area contributed by atoms with Gasteiger partial charge in [-0.05, 0) is 49.4 Å². The fourth-order valence-corrected chi connectivity index (χ4v) is 4.25. The molecule has 0 aliphatic carbocycles. The van der Waals surface area contributed by atoms with E-state index < -0.39 is 0 Å². The molecule has 34 heavy (non-hydrogen) atoms. The number of anilines is 1. The number of carbonyl (C=O) groups excluding carboxylic acids is 1. The normalized spacial score (nSPS) is 11.0. The van der Waals surface area contributed by atoms with Gasteiger partial charge in [0.2, 0.25) is 0 Å². The first-order valence-corrected chi connectivity index (χ1v) is 11.8. The molecule has 0 saturated heterocycles. The Hall–Kier alpha value is -3.92. The Bertz CT molecular complexity index is 1370. The molecule has 3 aromatic carbocycles. The summed E-state index contributed by atoms with van der Waals surface area (Å²) < 4.78 is 5.48. The lowest BCUT2D eigenvalue weighted by Crippen LogP contribution is -2.05. The summed E-state index contributed by atoms with van der Waals surface area (Å²) in [6.07, 6.45) is 1.56. The Kier molecular flexibility index (Phi) is 7.38. The highest BCUT2D eigenvalue weighted by molar-refractivity contribution is 7.11. The largest absolute Gasteiger partial charge is 0.494 e. The maximum Gasteiger partial charge on any atom is 0.195 e. The molecule has 1 heterocycles. The van der Waals surface area contributed by atoms with Crippen molar-refractivity contribution in [2.45, 2.75) is 6.92 Å². The van der Waals surface area contributed by atoms with Gasteiger partial charge in [0.1, 0.15) is 22.4 Å². The lowest BCUT2D eigenvalue weighted by atomic mass is 10.0. The zero-order valence-electron chi connectivity index (χ0n) is 18.3. The minimum absolute atomic E-state index is 0.162. The van der Waals surface area contributed by atoms with E-state index in [1.54, 1.807) is 36.5 Å². The summed E-state index contributed by atoms with van der Waals surface area (Å²) in [4.78, 5) is 17.6. The first-order chi connectivity index (χ1) is 16.6. The summed E-state index contributed by atoms with van der Waals surface area (Å²) >= 11 is 7.53. The van der Waals surface area contributed by atoms with Crippen LogP contribution in [0.15, 0.2) is 84.4 Å². The second-order valence-electron chi connectivity index (χ2n) is 7.19. The van der Waals surface area contributed by atoms with Crippen molar-refractivity contribution in [2.75, 3.05) is 11.9 Å². The van der Waals surface area contributed by atoms with E-state index in [0.717, 1.165) is 17.0 Å². The number of hydrogen-bond donors (Lipinski definition) is 1. The first-order valence-electron chi connectivity index (χ1n) is 10.5. The molecule has 0 atom stereocenters. The Morgan fingerprint density at radius 1 is 1.15 bits per heavy atom. The van der Waals surface area contributed by atoms with Gasteiger partial charge in [-0.2, -0.15) is 5.26 Å². The van der Waals surface area contributed by atoms with Gasteiger partial charge in [0.15, 0.2) is 5.78 Å². The van der Waals surface area contributed by atoms with Crippen LogP contribution in [0.5, 0.6) is 5.75 Å². The molecule has 0 spiro atoms. The highest BCUT2D eigenvalue weighted by Crippen LogP contribution is 2.28. The van der Waals surface area contributed by atoms with Gasteiger partial charge >= 0.3 is 0 Å². The molecular weight excluding hydrogens is 466 g/mol. The zero-order valence-corrected chi connectivity index (χ0v) is 19.9. The summed E-state index contributed by atoms with van der Waals surface area (Å²) in [6.45, 7) is 2.55. The Balaban J connectivity index is 1.58. The maximum absolute atomic E-state index is 13.0. The molecule has 5 nitrogen and oxygen atoms in total. The lowest BCUT2D eigenvalue weighted by Gasteiger charge is -2.10. The van der Waals surface area contributed by atoms with E-state index in [1.165, 1.54) is 11.3 Å². The minimum atomic E-state index is -0.162. The van der Waals surface area contributed by atoms with Crippen LogP contribution in [0.1, 0.15) is 27.9 Å². The number of carbonyl (C=O) groups is 1. The van der Waals surface area contributed by atoms with Crippen molar-refractivity contribution in [3.8, 4) is 23.1 Å². The summed E-state index contributed by atoms with van der Waals surface area (Å²) in [7, 11) is 0. The van der Waals surface area contributed by atoms with Gasteiger partial charge in [0.25, 0.3) is 0 Å². The Morgan fingerprint density at radius 3 is 2.62 bits per heavy atom. The van der Waals surface area contributed by atoms with Gasteiger partial charge in [-0.15, -0.1) is 11.3 Å². The zero-order chi connectivity index (χ0) is 23.9. The third kappa shape index (κ3) is 5.34. The molecule has 7 heteroatoms. The third-order valence-corrected chi connectivity index (χ3v) is 6.06. The SMILES string of the molecule is CCOc1ccc(-c2csc(/C(C#N)=C/Nc3ccc(Cl)cc3C(=O)c3ccccc3)n2)cc1. The van der Waals surface area contributed by atoms with Crippen molar-refractivity contribution in [3.05, 3.63) is 106 Å². The predicted molar refractivity (Wildman–Crippen MR) is 137 cm³/mol. The number of rotatable bonds is 8. The minimum Gasteiger partial charge on any atom is -0.494 e. The molecule has 0 bridgehead atoms. The van der Waals surface area contributed by atoms with Gasteiger partial charge in [0.05, 0.1) is 12.3 Å². The van der Waals surface area contributed by atoms with E-state index >= 15 is 0 Å². The monoisotopic (exact) mass is 485 g/mol. The van der Waals surface area contributed by atoms with Crippen LogP contribution in [-0.2, 0) is 0 Å². The van der Waals surface area contributed by atoms with Crippen molar-refractivity contribution in [3.63, 3.8) is 0 Å². The molecular formula is C27H20ClN3O2S. The van der Waals surface area contributed by atoms with Crippen LogP contribution in [0.25, 0.3) is 16.8 Å². The molecule has 0 unspecified atom stereocenters. The summed E-state index contributed by atoms with van der Waals surface area (Å²) in [5, 5.41) is 15.8. The third-order valence-electron chi connectivity index (χ3n) is 4.95. The van der Waals surface area contributed by atoms with Crippen molar-refractivity contribution in [1.82, 2.24) is 4.98 Å². The average Bonchev–Trinajstić information content (AvgIpc) is 3.36. The van der Waals surface area contributed by atoms with Crippen LogP contribution in [-0.4, -0.2) is 17.4 Å². The highest BCUT2D eigenvalue weighted by Gasteiger charge is 2.15. The number of aromatic nitrogens is 1. The number of ketones is 1. The number of allylic oxidation sites excluding steroid dienone is 1. The summed E-state index contributed by atoms with van der Waals surface area (Å²) in [5.74, 6) is 0.636. The van der Waals surface area contributed by atoms with Gasteiger partial charge in [0, 0.05) is 39.0 Å². The van der Waals surface area contributed by atoms with E-state index in [2.05, 4.69) is 16.4 Å². The summed E-state index contributed by atoms with van der Waals surface area (Å²) in [5.41, 5.74) is 3.59. The van der Waals surface area contributed by atoms with Crippen LogP contribution in [0.4, 0.5) is 5.69 Å². The number of nitrogens with zero attached hydrogens (tertiary/aromatic N) is 2. The van der Waals surface area contributed by atoms with Crippen molar-refractivity contribution >= 4 is 40.0 Å². The maximum atomic E-state index is 13.0. The van der Waals surface area contributed by atoms with Crippen molar-refractivity contribution in [1.29, 1.82) is 5.26 Å². The molecule has 0 amide bonds. The number of ether oxygens (including phenoxy) is 1. The fraction of sp³-hybridized carbons (Fsp3) is 0.0741. The van der Waals surface area contributed by atoms with Gasteiger partial charge in [-0.1, -0.05) is 41.9 Å². The molecule has 0 radical (unpaired) electrons. The average molecular weight is 486 g/mol. The van der Waals surface area contributed by atoms with Crippen LogP contribution in [0.3, 0.4) is 0 Å². The van der Waals surface area contributed by atoms with E-state index in [9.17, 15) is 10.1 Å². The van der Waals surface area contributed by atoms with Crippen LogP contribution in [0, 0.1) is 11.3 Å². The number of benzene rings is 3. The number of halogens is 1. The molecule has 1 N–H and O–H groups in total. The Morgan fingerprint density at radius 2 is 1.91 bits per heavy atom. The van der Waals surface area contributed by atoms with Gasteiger partial charge in [-0.3, -0.25) is 4.79 Å². The fourth-order valence-electron chi connectivity index (χ4n) is 3.29. The molecule has 0 aliphatic heterocycles. The van der Waals surface area contributed by atoms with Crippen molar-refractivity contribution < 1.29 is 9.53 Å². The first kappa shape index (κ1) is 23.2. The van der Waals surface area contributed by atoms with Gasteiger partial charge < -0.3 is 10.1 Å². The second kappa shape index (κ2) is 10.8. The van der Waals surface area contributed by atoms with Crippen LogP contribution in [0.2, 0.25) is 5.02 Å². The topological polar surface area (TPSA) is 75.0 Å². The van der Waals surface area contributed by atoms with E-state index in [-0.39, 0.29) is 5.78 Å².